The lowest BCUT2D eigenvalue weighted by atomic mass is 9.88. The Bertz CT molecular complexity index is 149. The molecule has 0 aliphatic rings. The Hall–Kier alpha value is -0.570. The SMILES string of the molecule is CC(NCCC(=O)O)C(C)(C)C. The van der Waals surface area contributed by atoms with Crippen LogP contribution in [0.2, 0.25) is 0 Å². The third kappa shape index (κ3) is 5.13. The summed E-state index contributed by atoms with van der Waals surface area (Å²) in [6.07, 6.45) is 0.195. The summed E-state index contributed by atoms with van der Waals surface area (Å²) >= 11 is 0. The molecular formula is C9H19NO2. The molecule has 0 aromatic carbocycles. The largest absolute Gasteiger partial charge is 0.481 e. The maximum absolute atomic E-state index is 10.2. The van der Waals surface area contributed by atoms with Gasteiger partial charge in [0.1, 0.15) is 0 Å². The van der Waals surface area contributed by atoms with Gasteiger partial charge in [-0.15, -0.1) is 0 Å². The van der Waals surface area contributed by atoms with E-state index in [1.165, 1.54) is 0 Å². The number of nitrogens with one attached hydrogen (secondary N) is 1. The first kappa shape index (κ1) is 11.4. The van der Waals surface area contributed by atoms with Gasteiger partial charge in [-0.25, -0.2) is 0 Å². The molecule has 0 heterocycles. The van der Waals surface area contributed by atoms with Gasteiger partial charge in [-0.05, 0) is 12.3 Å². The molecule has 0 bridgehead atoms. The quantitative estimate of drug-likeness (QED) is 0.677. The van der Waals surface area contributed by atoms with E-state index < -0.39 is 5.97 Å². The molecule has 0 aliphatic carbocycles. The van der Waals surface area contributed by atoms with Crippen molar-refractivity contribution < 1.29 is 9.90 Å². The van der Waals surface area contributed by atoms with Gasteiger partial charge in [0.2, 0.25) is 0 Å². The molecule has 3 nitrogen and oxygen atoms in total. The van der Waals surface area contributed by atoms with Crippen LogP contribution in [0.15, 0.2) is 0 Å². The van der Waals surface area contributed by atoms with E-state index in [0.29, 0.717) is 12.6 Å². The predicted octanol–water partition coefficient (Wildman–Crippen LogP) is 1.49. The molecule has 0 amide bonds. The minimum absolute atomic E-state index is 0.193. The third-order valence-corrected chi connectivity index (χ3v) is 2.09. The van der Waals surface area contributed by atoms with Crippen molar-refractivity contribution >= 4 is 5.97 Å². The van der Waals surface area contributed by atoms with E-state index >= 15 is 0 Å². The minimum Gasteiger partial charge on any atom is -0.481 e. The van der Waals surface area contributed by atoms with E-state index in [1.807, 2.05) is 0 Å². The monoisotopic (exact) mass is 173 g/mol. The minimum atomic E-state index is -0.747. The summed E-state index contributed by atoms with van der Waals surface area (Å²) in [5.74, 6) is -0.747. The first-order valence-corrected chi connectivity index (χ1v) is 4.29. The van der Waals surface area contributed by atoms with E-state index in [-0.39, 0.29) is 11.8 Å². The third-order valence-electron chi connectivity index (χ3n) is 2.09. The van der Waals surface area contributed by atoms with E-state index in [1.54, 1.807) is 0 Å². The van der Waals surface area contributed by atoms with Crippen molar-refractivity contribution in [1.29, 1.82) is 0 Å². The smallest absolute Gasteiger partial charge is 0.304 e. The van der Waals surface area contributed by atoms with Crippen LogP contribution in [0.25, 0.3) is 0 Å². The van der Waals surface area contributed by atoms with Crippen LogP contribution >= 0.6 is 0 Å². The summed E-state index contributed by atoms with van der Waals surface area (Å²) in [7, 11) is 0. The number of hydrogen-bond acceptors (Lipinski definition) is 2. The maximum Gasteiger partial charge on any atom is 0.304 e. The Morgan fingerprint density at radius 3 is 2.33 bits per heavy atom. The van der Waals surface area contributed by atoms with Gasteiger partial charge in [-0.3, -0.25) is 4.79 Å². The fourth-order valence-corrected chi connectivity index (χ4v) is 0.702. The van der Waals surface area contributed by atoms with Gasteiger partial charge in [-0.2, -0.15) is 0 Å². The van der Waals surface area contributed by atoms with Gasteiger partial charge in [0.15, 0.2) is 0 Å². The van der Waals surface area contributed by atoms with Crippen LogP contribution in [0.5, 0.6) is 0 Å². The highest BCUT2D eigenvalue weighted by Gasteiger charge is 2.18. The molecule has 2 N–H and O–H groups in total. The van der Waals surface area contributed by atoms with E-state index in [4.69, 9.17) is 5.11 Å². The second kappa shape index (κ2) is 4.45. The lowest BCUT2D eigenvalue weighted by Crippen LogP contribution is -2.38. The molecule has 0 spiro atoms. The molecule has 0 radical (unpaired) electrons. The van der Waals surface area contributed by atoms with Gasteiger partial charge in [0.05, 0.1) is 6.42 Å². The molecule has 0 rings (SSSR count). The Kier molecular flexibility index (Phi) is 4.24. The van der Waals surface area contributed by atoms with Crippen LogP contribution in [0.1, 0.15) is 34.1 Å². The zero-order valence-corrected chi connectivity index (χ0v) is 8.35. The molecule has 0 aromatic rings. The first-order chi connectivity index (χ1) is 5.34. The van der Waals surface area contributed by atoms with Gasteiger partial charge >= 0.3 is 5.97 Å². The Morgan fingerprint density at radius 2 is 2.00 bits per heavy atom. The number of hydrogen-bond donors (Lipinski definition) is 2. The summed E-state index contributed by atoms with van der Waals surface area (Å²) in [5.41, 5.74) is 0.193. The summed E-state index contributed by atoms with van der Waals surface area (Å²) in [5, 5.41) is 11.6. The summed E-state index contributed by atoms with van der Waals surface area (Å²) in [6, 6.07) is 0.344. The predicted molar refractivity (Wildman–Crippen MR) is 49.2 cm³/mol. The average Bonchev–Trinajstić information content (AvgIpc) is 1.84. The Labute approximate surface area is 74.2 Å². The summed E-state index contributed by atoms with van der Waals surface area (Å²) in [6.45, 7) is 9.01. The molecule has 0 fully saturated rings. The highest BCUT2D eigenvalue weighted by Crippen LogP contribution is 2.18. The number of carbonyl (C=O) groups is 1. The fourth-order valence-electron chi connectivity index (χ4n) is 0.702. The van der Waals surface area contributed by atoms with Crippen LogP contribution in [0, 0.1) is 5.41 Å². The summed E-state index contributed by atoms with van der Waals surface area (Å²) in [4.78, 5) is 10.2. The molecule has 1 atom stereocenters. The van der Waals surface area contributed by atoms with Crippen LogP contribution in [-0.2, 0) is 4.79 Å². The van der Waals surface area contributed by atoms with Crippen LogP contribution in [0.3, 0.4) is 0 Å². The van der Waals surface area contributed by atoms with Crippen molar-refractivity contribution in [1.82, 2.24) is 5.32 Å². The van der Waals surface area contributed by atoms with Crippen molar-refractivity contribution in [2.75, 3.05) is 6.54 Å². The highest BCUT2D eigenvalue weighted by molar-refractivity contribution is 5.66. The van der Waals surface area contributed by atoms with E-state index in [9.17, 15) is 4.79 Å². The van der Waals surface area contributed by atoms with Gasteiger partial charge in [0, 0.05) is 12.6 Å². The summed E-state index contributed by atoms with van der Waals surface area (Å²) < 4.78 is 0. The van der Waals surface area contributed by atoms with Gasteiger partial charge in [0.25, 0.3) is 0 Å². The second-order valence-electron chi connectivity index (χ2n) is 4.19. The first-order valence-electron chi connectivity index (χ1n) is 4.29. The maximum atomic E-state index is 10.2. The van der Waals surface area contributed by atoms with Crippen LogP contribution < -0.4 is 5.32 Å². The molecule has 72 valence electrons. The highest BCUT2D eigenvalue weighted by atomic mass is 16.4. The number of carboxylic acids is 1. The molecule has 12 heavy (non-hydrogen) atoms. The Balaban J connectivity index is 3.58. The standard InChI is InChI=1S/C9H19NO2/c1-7(9(2,3)4)10-6-5-8(11)12/h7,10H,5-6H2,1-4H3,(H,11,12). The average molecular weight is 173 g/mol. The molecule has 0 aromatic heterocycles. The van der Waals surface area contributed by atoms with E-state index in [2.05, 4.69) is 33.0 Å². The number of aliphatic carboxylic acids is 1. The van der Waals surface area contributed by atoms with Gasteiger partial charge in [-0.1, -0.05) is 20.8 Å². The van der Waals surface area contributed by atoms with Crippen molar-refractivity contribution in [3.8, 4) is 0 Å². The Morgan fingerprint density at radius 1 is 1.50 bits per heavy atom. The molecule has 0 saturated heterocycles. The fraction of sp³-hybridized carbons (Fsp3) is 0.889. The lowest BCUT2D eigenvalue weighted by molar-refractivity contribution is -0.136. The topological polar surface area (TPSA) is 49.3 Å². The zero-order chi connectivity index (χ0) is 9.78. The van der Waals surface area contributed by atoms with E-state index in [0.717, 1.165) is 0 Å². The van der Waals surface area contributed by atoms with Crippen LogP contribution in [-0.4, -0.2) is 23.7 Å². The van der Waals surface area contributed by atoms with Crippen molar-refractivity contribution in [3.05, 3.63) is 0 Å². The van der Waals surface area contributed by atoms with Gasteiger partial charge < -0.3 is 10.4 Å². The zero-order valence-electron chi connectivity index (χ0n) is 8.35. The molecule has 0 saturated carbocycles. The molecule has 1 unspecified atom stereocenters. The number of rotatable bonds is 4. The molecular weight excluding hydrogens is 154 g/mol. The molecule has 3 heteroatoms. The number of carboxylic acid groups (broad SMARTS) is 1. The van der Waals surface area contributed by atoms with Crippen molar-refractivity contribution in [3.63, 3.8) is 0 Å². The van der Waals surface area contributed by atoms with Crippen molar-refractivity contribution in [2.24, 2.45) is 5.41 Å². The second-order valence-corrected chi connectivity index (χ2v) is 4.19. The lowest BCUT2D eigenvalue weighted by Gasteiger charge is -2.27. The van der Waals surface area contributed by atoms with Crippen LogP contribution in [0.4, 0.5) is 0 Å². The molecule has 0 aliphatic heterocycles. The normalized spacial score (nSPS) is 14.3. The van der Waals surface area contributed by atoms with Crippen molar-refractivity contribution in [2.45, 2.75) is 40.2 Å².